The van der Waals surface area contributed by atoms with Gasteiger partial charge in [0.25, 0.3) is 5.91 Å². The summed E-state index contributed by atoms with van der Waals surface area (Å²) in [4.78, 5) is 28.0. The molecule has 2 fully saturated rings. The summed E-state index contributed by atoms with van der Waals surface area (Å²) in [5.74, 6) is -0.134. The summed E-state index contributed by atoms with van der Waals surface area (Å²) in [6, 6.07) is 13.0. The van der Waals surface area contributed by atoms with Crippen molar-refractivity contribution in [2.24, 2.45) is 0 Å². The Balaban J connectivity index is 1.47. The van der Waals surface area contributed by atoms with E-state index in [0.29, 0.717) is 17.8 Å². The zero-order chi connectivity index (χ0) is 23.0. The molecule has 3 amide bonds. The van der Waals surface area contributed by atoms with Crippen LogP contribution in [0.3, 0.4) is 0 Å². The van der Waals surface area contributed by atoms with Crippen molar-refractivity contribution >= 4 is 29.0 Å². The molecule has 3 N–H and O–H groups in total. The minimum Gasteiger partial charge on any atom is -0.376 e. The van der Waals surface area contributed by atoms with Crippen molar-refractivity contribution in [2.75, 3.05) is 41.8 Å². The number of carbonyl (C=O) groups is 2. The van der Waals surface area contributed by atoms with E-state index in [2.05, 4.69) is 27.8 Å². The third-order valence-corrected chi connectivity index (χ3v) is 6.33. The van der Waals surface area contributed by atoms with Gasteiger partial charge in [0, 0.05) is 43.3 Å². The van der Waals surface area contributed by atoms with Crippen molar-refractivity contribution in [1.29, 1.82) is 0 Å². The average molecular weight is 451 g/mol. The van der Waals surface area contributed by atoms with Crippen LogP contribution in [0.25, 0.3) is 0 Å². The highest BCUT2D eigenvalue weighted by molar-refractivity contribution is 6.04. The van der Waals surface area contributed by atoms with Crippen LogP contribution in [0.15, 0.2) is 42.5 Å². The summed E-state index contributed by atoms with van der Waals surface area (Å²) in [7, 11) is 0. The molecule has 0 aromatic heterocycles. The normalized spacial score (nSPS) is 18.1. The van der Waals surface area contributed by atoms with E-state index < -0.39 is 0 Å². The Hall–Kier alpha value is -3.06. The largest absolute Gasteiger partial charge is 0.376 e. The van der Waals surface area contributed by atoms with E-state index in [1.165, 1.54) is 12.0 Å². The van der Waals surface area contributed by atoms with Crippen molar-refractivity contribution in [3.63, 3.8) is 0 Å². The highest BCUT2D eigenvalue weighted by Crippen LogP contribution is 2.27. The minimum absolute atomic E-state index is 0.0820. The molecule has 2 aliphatic rings. The first-order valence-corrected chi connectivity index (χ1v) is 12.1. The summed E-state index contributed by atoms with van der Waals surface area (Å²) in [5, 5.41) is 8.75. The molecule has 0 spiro atoms. The lowest BCUT2D eigenvalue weighted by atomic mass is 10.1. The maximum absolute atomic E-state index is 13.1. The van der Waals surface area contributed by atoms with Gasteiger partial charge in [-0.25, -0.2) is 4.79 Å². The number of nitrogens with one attached hydrogen (secondary N) is 3. The molecule has 4 rings (SSSR count). The predicted octanol–water partition coefficient (Wildman–Crippen LogP) is 4.79. The van der Waals surface area contributed by atoms with Crippen molar-refractivity contribution in [3.8, 4) is 0 Å². The number of hydrogen-bond donors (Lipinski definition) is 3. The smallest absolute Gasteiger partial charge is 0.323 e. The van der Waals surface area contributed by atoms with E-state index in [-0.39, 0.29) is 18.0 Å². The highest BCUT2D eigenvalue weighted by atomic mass is 16.5. The maximum Gasteiger partial charge on any atom is 0.323 e. The molecule has 2 aromatic rings. The van der Waals surface area contributed by atoms with Gasteiger partial charge in [-0.1, -0.05) is 19.1 Å². The molecule has 0 saturated carbocycles. The maximum atomic E-state index is 13.1. The van der Waals surface area contributed by atoms with E-state index >= 15 is 0 Å². The van der Waals surface area contributed by atoms with Crippen LogP contribution in [0.1, 0.15) is 54.9 Å². The van der Waals surface area contributed by atoms with Crippen LogP contribution >= 0.6 is 0 Å². The fourth-order valence-corrected chi connectivity index (χ4v) is 4.43. The number of nitrogens with zero attached hydrogens (tertiary/aromatic N) is 1. The van der Waals surface area contributed by atoms with Gasteiger partial charge in [-0.3, -0.25) is 4.79 Å². The predicted molar refractivity (Wildman–Crippen MR) is 132 cm³/mol. The van der Waals surface area contributed by atoms with Crippen LogP contribution in [-0.4, -0.2) is 44.3 Å². The van der Waals surface area contributed by atoms with Gasteiger partial charge in [-0.05, 0) is 74.4 Å². The second-order valence-corrected chi connectivity index (χ2v) is 8.75. The van der Waals surface area contributed by atoms with Gasteiger partial charge in [0.05, 0.1) is 11.7 Å². The van der Waals surface area contributed by atoms with Crippen LogP contribution in [0.5, 0.6) is 0 Å². The summed E-state index contributed by atoms with van der Waals surface area (Å²) >= 11 is 0. The minimum atomic E-state index is -0.337. The lowest BCUT2D eigenvalue weighted by Crippen LogP contribution is -2.35. The van der Waals surface area contributed by atoms with Gasteiger partial charge in [-0.2, -0.15) is 0 Å². The molecular formula is C26H34N4O3. The van der Waals surface area contributed by atoms with Crippen LogP contribution in [0.2, 0.25) is 0 Å². The average Bonchev–Trinajstić information content (AvgIpc) is 3.37. The second-order valence-electron chi connectivity index (χ2n) is 8.75. The first-order valence-electron chi connectivity index (χ1n) is 12.1. The van der Waals surface area contributed by atoms with Crippen LogP contribution in [0, 0.1) is 0 Å². The molecule has 2 heterocycles. The fourth-order valence-electron chi connectivity index (χ4n) is 4.43. The molecule has 7 heteroatoms. The molecule has 33 heavy (non-hydrogen) atoms. The molecule has 2 aromatic carbocycles. The zero-order valence-corrected chi connectivity index (χ0v) is 19.4. The van der Waals surface area contributed by atoms with E-state index in [0.717, 1.165) is 63.2 Å². The number of amides is 3. The fraction of sp³-hybridized carbons (Fsp3) is 0.462. The Morgan fingerprint density at radius 2 is 1.70 bits per heavy atom. The number of ether oxygens (including phenoxy) is 1. The summed E-state index contributed by atoms with van der Waals surface area (Å²) in [6.07, 6.45) is 6.50. The zero-order valence-electron chi connectivity index (χ0n) is 19.4. The van der Waals surface area contributed by atoms with E-state index in [1.54, 1.807) is 6.07 Å². The van der Waals surface area contributed by atoms with Gasteiger partial charge in [0.15, 0.2) is 0 Å². The molecule has 2 saturated heterocycles. The third-order valence-electron chi connectivity index (χ3n) is 6.33. The monoisotopic (exact) mass is 450 g/mol. The Morgan fingerprint density at radius 3 is 2.39 bits per heavy atom. The Labute approximate surface area is 195 Å². The van der Waals surface area contributed by atoms with Gasteiger partial charge in [0.1, 0.15) is 0 Å². The Bertz CT molecular complexity index is 949. The first kappa shape index (κ1) is 23.1. The second kappa shape index (κ2) is 11.2. The molecule has 0 aliphatic carbocycles. The number of aryl methyl sites for hydroxylation is 1. The molecule has 1 unspecified atom stereocenters. The Morgan fingerprint density at radius 1 is 0.970 bits per heavy atom. The highest BCUT2D eigenvalue weighted by Gasteiger charge is 2.22. The van der Waals surface area contributed by atoms with Crippen LogP contribution in [-0.2, 0) is 11.2 Å². The molecular weight excluding hydrogens is 416 g/mol. The standard InChI is InChI=1S/C26H34N4O3/c1-2-19-8-10-20(11-9-19)28-26(32)29-21-12-13-24(30-14-4-3-5-15-30)23(17-21)25(31)27-18-22-7-6-16-33-22/h8-13,17,22H,2-7,14-16,18H2,1H3,(H,27,31)(H2,28,29,32). The molecule has 176 valence electrons. The number of piperidine rings is 1. The number of benzene rings is 2. The molecule has 2 aliphatic heterocycles. The van der Waals surface area contributed by atoms with E-state index in [1.807, 2.05) is 36.4 Å². The van der Waals surface area contributed by atoms with Gasteiger partial charge >= 0.3 is 6.03 Å². The number of rotatable bonds is 7. The number of urea groups is 1. The van der Waals surface area contributed by atoms with Crippen molar-refractivity contribution in [3.05, 3.63) is 53.6 Å². The lowest BCUT2D eigenvalue weighted by molar-refractivity contribution is 0.0858. The van der Waals surface area contributed by atoms with Crippen molar-refractivity contribution < 1.29 is 14.3 Å². The summed E-state index contributed by atoms with van der Waals surface area (Å²) in [5.41, 5.74) is 4.03. The van der Waals surface area contributed by atoms with Crippen molar-refractivity contribution in [1.82, 2.24) is 5.32 Å². The topological polar surface area (TPSA) is 82.7 Å². The Kier molecular flexibility index (Phi) is 7.83. The first-order chi connectivity index (χ1) is 16.1. The van der Waals surface area contributed by atoms with Gasteiger partial charge in [-0.15, -0.1) is 0 Å². The molecule has 0 radical (unpaired) electrons. The number of anilines is 3. The van der Waals surface area contributed by atoms with Gasteiger partial charge in [0.2, 0.25) is 0 Å². The van der Waals surface area contributed by atoms with Crippen LogP contribution < -0.4 is 20.9 Å². The quantitative estimate of drug-likeness (QED) is 0.566. The van der Waals surface area contributed by atoms with Crippen molar-refractivity contribution in [2.45, 2.75) is 51.6 Å². The van der Waals surface area contributed by atoms with Crippen LogP contribution in [0.4, 0.5) is 21.9 Å². The van der Waals surface area contributed by atoms with E-state index in [4.69, 9.17) is 4.74 Å². The molecule has 0 bridgehead atoms. The van der Waals surface area contributed by atoms with Gasteiger partial charge < -0.3 is 25.6 Å². The summed E-state index contributed by atoms with van der Waals surface area (Å²) in [6.45, 7) is 5.23. The number of hydrogen-bond acceptors (Lipinski definition) is 4. The SMILES string of the molecule is CCc1ccc(NC(=O)Nc2ccc(N3CCCCC3)c(C(=O)NCC3CCCO3)c2)cc1. The molecule has 1 atom stereocenters. The number of carbonyl (C=O) groups excluding carboxylic acids is 2. The summed E-state index contributed by atoms with van der Waals surface area (Å²) < 4.78 is 5.64. The third kappa shape index (κ3) is 6.26. The lowest BCUT2D eigenvalue weighted by Gasteiger charge is -2.30. The van der Waals surface area contributed by atoms with E-state index in [9.17, 15) is 9.59 Å². The molecule has 7 nitrogen and oxygen atoms in total.